The summed E-state index contributed by atoms with van der Waals surface area (Å²) in [5.41, 5.74) is 2.94. The van der Waals surface area contributed by atoms with E-state index in [1.165, 1.54) is 5.56 Å². The molecule has 1 aliphatic carbocycles. The second-order valence-corrected chi connectivity index (χ2v) is 7.42. The first kappa shape index (κ1) is 17.7. The number of pyridine rings is 1. The SMILES string of the molecule is Cn1cc(Cl)c(CN(Cc2cccnc2)C(=O)[C@H]2C[C@H]2c2ccccc2)n1. The minimum atomic E-state index is 0.0200. The molecular formula is C21H21ClN4O. The van der Waals surface area contributed by atoms with E-state index in [-0.39, 0.29) is 11.8 Å². The first-order chi connectivity index (χ1) is 13.1. The molecule has 0 unspecified atom stereocenters. The standard InChI is InChI=1S/C21H21ClN4O/c1-25-13-19(22)20(24-25)14-26(12-15-6-5-9-23-11-15)21(27)18-10-17(18)16-7-3-2-4-8-16/h2-9,11,13,17-18H,10,12,14H2,1H3/t17-,18-/m0/s1. The van der Waals surface area contributed by atoms with E-state index in [0.717, 1.165) is 12.0 Å². The van der Waals surface area contributed by atoms with Crippen LogP contribution in [0.4, 0.5) is 0 Å². The van der Waals surface area contributed by atoms with Crippen LogP contribution in [0.3, 0.4) is 0 Å². The molecule has 2 aromatic heterocycles. The topological polar surface area (TPSA) is 51.0 Å². The number of benzene rings is 1. The Morgan fingerprint density at radius 2 is 2.04 bits per heavy atom. The number of hydrogen-bond acceptors (Lipinski definition) is 3. The van der Waals surface area contributed by atoms with Gasteiger partial charge in [0.05, 0.1) is 11.6 Å². The number of carbonyl (C=O) groups is 1. The molecule has 4 rings (SSSR count). The average Bonchev–Trinajstić information content (AvgIpc) is 3.42. The number of aromatic nitrogens is 3. The van der Waals surface area contributed by atoms with Crippen LogP contribution in [0.25, 0.3) is 0 Å². The summed E-state index contributed by atoms with van der Waals surface area (Å²) in [6.45, 7) is 0.892. The van der Waals surface area contributed by atoms with Gasteiger partial charge in [0.2, 0.25) is 5.91 Å². The first-order valence-electron chi connectivity index (χ1n) is 9.02. The smallest absolute Gasteiger partial charge is 0.226 e. The maximum atomic E-state index is 13.2. The van der Waals surface area contributed by atoms with Gasteiger partial charge < -0.3 is 4.90 Å². The number of aryl methyl sites for hydroxylation is 1. The summed E-state index contributed by atoms with van der Waals surface area (Å²) in [6.07, 6.45) is 6.18. The lowest BCUT2D eigenvalue weighted by molar-refractivity contribution is -0.134. The van der Waals surface area contributed by atoms with Gasteiger partial charge in [0.15, 0.2) is 0 Å². The van der Waals surface area contributed by atoms with Crippen molar-refractivity contribution in [1.82, 2.24) is 19.7 Å². The van der Waals surface area contributed by atoms with Crippen LogP contribution in [-0.4, -0.2) is 25.6 Å². The zero-order valence-electron chi connectivity index (χ0n) is 15.1. The lowest BCUT2D eigenvalue weighted by atomic mass is 10.1. The van der Waals surface area contributed by atoms with Gasteiger partial charge in [-0.3, -0.25) is 14.5 Å². The predicted molar refractivity (Wildman–Crippen MR) is 104 cm³/mol. The highest BCUT2D eigenvalue weighted by Crippen LogP contribution is 2.48. The number of halogens is 1. The van der Waals surface area contributed by atoms with Gasteiger partial charge in [-0.15, -0.1) is 0 Å². The molecule has 2 heterocycles. The van der Waals surface area contributed by atoms with Crippen LogP contribution in [0.2, 0.25) is 5.02 Å². The number of rotatable bonds is 6. The zero-order valence-corrected chi connectivity index (χ0v) is 15.9. The van der Waals surface area contributed by atoms with Gasteiger partial charge in [-0.05, 0) is 29.5 Å². The van der Waals surface area contributed by atoms with Crippen molar-refractivity contribution < 1.29 is 4.79 Å². The number of nitrogens with zero attached hydrogens (tertiary/aromatic N) is 4. The van der Waals surface area contributed by atoms with Gasteiger partial charge in [0, 0.05) is 38.1 Å². The van der Waals surface area contributed by atoms with Crippen LogP contribution in [0, 0.1) is 5.92 Å². The number of amides is 1. The highest BCUT2D eigenvalue weighted by Gasteiger charge is 2.45. The molecule has 0 aliphatic heterocycles. The third-order valence-electron chi connectivity index (χ3n) is 4.94. The van der Waals surface area contributed by atoms with Gasteiger partial charge in [-0.1, -0.05) is 48.0 Å². The molecule has 0 radical (unpaired) electrons. The third-order valence-corrected chi connectivity index (χ3v) is 5.25. The lowest BCUT2D eigenvalue weighted by Crippen LogP contribution is -2.32. The van der Waals surface area contributed by atoms with Gasteiger partial charge in [0.1, 0.15) is 5.69 Å². The minimum Gasteiger partial charge on any atom is -0.332 e. The molecule has 3 aromatic rings. The normalized spacial score (nSPS) is 18.3. The maximum absolute atomic E-state index is 13.2. The van der Waals surface area contributed by atoms with Gasteiger partial charge in [-0.2, -0.15) is 5.10 Å². The van der Waals surface area contributed by atoms with Crippen LogP contribution in [0.1, 0.15) is 29.2 Å². The van der Waals surface area contributed by atoms with Crippen LogP contribution in [0.5, 0.6) is 0 Å². The molecule has 0 N–H and O–H groups in total. The number of carbonyl (C=O) groups excluding carboxylic acids is 1. The number of hydrogen-bond donors (Lipinski definition) is 0. The molecule has 1 aliphatic rings. The molecule has 1 fully saturated rings. The molecule has 1 saturated carbocycles. The fraction of sp³-hybridized carbons (Fsp3) is 0.286. The Morgan fingerprint density at radius 1 is 1.22 bits per heavy atom. The Balaban J connectivity index is 1.54. The Labute approximate surface area is 163 Å². The van der Waals surface area contributed by atoms with Crippen LogP contribution in [-0.2, 0) is 24.9 Å². The zero-order chi connectivity index (χ0) is 18.8. The quantitative estimate of drug-likeness (QED) is 0.653. The summed E-state index contributed by atoms with van der Waals surface area (Å²) in [4.78, 5) is 19.3. The molecule has 2 atom stereocenters. The molecule has 0 bridgehead atoms. The van der Waals surface area contributed by atoms with Crippen molar-refractivity contribution in [2.45, 2.75) is 25.4 Å². The second-order valence-electron chi connectivity index (χ2n) is 7.01. The molecule has 0 spiro atoms. The third kappa shape index (κ3) is 4.03. The summed E-state index contributed by atoms with van der Waals surface area (Å²) >= 11 is 6.28. The summed E-state index contributed by atoms with van der Waals surface area (Å²) < 4.78 is 1.67. The van der Waals surface area contributed by atoms with E-state index in [4.69, 9.17) is 11.6 Å². The van der Waals surface area contributed by atoms with Crippen LogP contribution in [0.15, 0.2) is 61.1 Å². The minimum absolute atomic E-state index is 0.0200. The van der Waals surface area contributed by atoms with E-state index in [9.17, 15) is 4.79 Å². The van der Waals surface area contributed by atoms with Crippen molar-refractivity contribution in [2.24, 2.45) is 13.0 Å². The van der Waals surface area contributed by atoms with Crippen molar-refractivity contribution >= 4 is 17.5 Å². The highest BCUT2D eigenvalue weighted by atomic mass is 35.5. The van der Waals surface area contributed by atoms with Crippen molar-refractivity contribution in [3.05, 3.63) is 82.9 Å². The van der Waals surface area contributed by atoms with Gasteiger partial charge in [-0.25, -0.2) is 0 Å². The predicted octanol–water partition coefficient (Wildman–Crippen LogP) is 3.80. The summed E-state index contributed by atoms with van der Waals surface area (Å²) in [7, 11) is 1.83. The lowest BCUT2D eigenvalue weighted by Gasteiger charge is -2.22. The van der Waals surface area contributed by atoms with Gasteiger partial charge in [0.25, 0.3) is 0 Å². The van der Waals surface area contributed by atoms with Crippen LogP contribution < -0.4 is 0 Å². The van der Waals surface area contributed by atoms with E-state index in [1.807, 2.05) is 42.3 Å². The monoisotopic (exact) mass is 380 g/mol. The summed E-state index contributed by atoms with van der Waals surface area (Å²) in [6, 6.07) is 14.1. The Hall–Kier alpha value is -2.66. The summed E-state index contributed by atoms with van der Waals surface area (Å²) in [5, 5.41) is 4.99. The van der Waals surface area contributed by atoms with Gasteiger partial charge >= 0.3 is 0 Å². The summed E-state index contributed by atoms with van der Waals surface area (Å²) in [5.74, 6) is 0.468. The Kier molecular flexibility index (Phi) is 4.94. The van der Waals surface area contributed by atoms with Crippen molar-refractivity contribution in [1.29, 1.82) is 0 Å². The molecule has 6 heteroatoms. The average molecular weight is 381 g/mol. The highest BCUT2D eigenvalue weighted by molar-refractivity contribution is 6.31. The molecule has 1 amide bonds. The molecule has 0 saturated heterocycles. The Morgan fingerprint density at radius 3 is 2.70 bits per heavy atom. The molecule has 5 nitrogen and oxygen atoms in total. The van der Waals surface area contributed by atoms with E-state index in [1.54, 1.807) is 23.3 Å². The molecule has 27 heavy (non-hydrogen) atoms. The molecule has 138 valence electrons. The first-order valence-corrected chi connectivity index (χ1v) is 9.40. The van der Waals surface area contributed by atoms with E-state index < -0.39 is 0 Å². The Bertz CT molecular complexity index is 926. The fourth-order valence-corrected chi connectivity index (χ4v) is 3.73. The molecular weight excluding hydrogens is 360 g/mol. The molecule has 1 aromatic carbocycles. The maximum Gasteiger partial charge on any atom is 0.226 e. The second kappa shape index (κ2) is 7.53. The largest absolute Gasteiger partial charge is 0.332 e. The fourth-order valence-electron chi connectivity index (χ4n) is 3.49. The van der Waals surface area contributed by atoms with E-state index >= 15 is 0 Å². The van der Waals surface area contributed by atoms with E-state index in [2.05, 4.69) is 22.2 Å². The van der Waals surface area contributed by atoms with Crippen molar-refractivity contribution in [2.75, 3.05) is 0 Å². The van der Waals surface area contributed by atoms with Crippen LogP contribution >= 0.6 is 11.6 Å². The van der Waals surface area contributed by atoms with E-state index in [0.29, 0.717) is 29.7 Å². The van der Waals surface area contributed by atoms with Crippen molar-refractivity contribution in [3.8, 4) is 0 Å². The van der Waals surface area contributed by atoms with Crippen molar-refractivity contribution in [3.63, 3.8) is 0 Å².